The topological polar surface area (TPSA) is 94.8 Å². The number of rotatable bonds is 6. The Morgan fingerprint density at radius 2 is 1.67 bits per heavy atom. The summed E-state index contributed by atoms with van der Waals surface area (Å²) in [4.78, 5) is 26.9. The number of anilines is 1. The molecule has 36 heavy (non-hydrogen) atoms. The number of aromatic nitrogens is 5. The minimum atomic E-state index is -0.193. The number of ether oxygens (including phenoxy) is 1. The number of nitrogens with zero attached hydrogens (tertiary/aromatic N) is 5. The van der Waals surface area contributed by atoms with Gasteiger partial charge >= 0.3 is 0 Å². The van der Waals surface area contributed by atoms with Gasteiger partial charge in [-0.05, 0) is 58.0 Å². The highest BCUT2D eigenvalue weighted by Crippen LogP contribution is 2.29. The smallest absolute Gasteiger partial charge is 0.267 e. The molecule has 1 N–H and O–H groups in total. The molecule has 3 heterocycles. The van der Waals surface area contributed by atoms with Gasteiger partial charge in [0.15, 0.2) is 5.82 Å². The molecule has 0 bridgehead atoms. The number of benzene rings is 2. The normalized spacial score (nSPS) is 10.9. The van der Waals surface area contributed by atoms with E-state index in [-0.39, 0.29) is 5.91 Å². The van der Waals surface area contributed by atoms with Gasteiger partial charge in [0.25, 0.3) is 5.91 Å². The van der Waals surface area contributed by atoms with Crippen LogP contribution in [0.15, 0.2) is 66.7 Å². The fourth-order valence-corrected chi connectivity index (χ4v) is 4.74. The van der Waals surface area contributed by atoms with E-state index in [0.717, 1.165) is 22.0 Å². The zero-order valence-corrected chi connectivity index (χ0v) is 21.1. The van der Waals surface area contributed by atoms with Crippen molar-refractivity contribution in [3.8, 4) is 28.0 Å². The van der Waals surface area contributed by atoms with Crippen LogP contribution in [0.4, 0.5) is 5.69 Å². The van der Waals surface area contributed by atoms with Gasteiger partial charge in [-0.2, -0.15) is 10.1 Å². The maximum Gasteiger partial charge on any atom is 0.267 e. The molecule has 0 aliphatic carbocycles. The van der Waals surface area contributed by atoms with E-state index in [0.29, 0.717) is 39.5 Å². The van der Waals surface area contributed by atoms with Crippen LogP contribution in [0.3, 0.4) is 0 Å². The lowest BCUT2D eigenvalue weighted by Gasteiger charge is -2.10. The van der Waals surface area contributed by atoms with Crippen LogP contribution in [0.1, 0.15) is 32.6 Å². The van der Waals surface area contributed by atoms with Crippen LogP contribution in [0.25, 0.3) is 16.4 Å². The number of hydrogen-bond donors (Lipinski definition) is 1. The molecule has 0 radical (unpaired) electrons. The Balaban J connectivity index is 1.29. The molecule has 0 aliphatic rings. The second-order valence-corrected chi connectivity index (χ2v) is 9.33. The molecule has 0 saturated heterocycles. The molecule has 0 saturated carbocycles. The number of aryl methyl sites for hydroxylation is 4. The van der Waals surface area contributed by atoms with Gasteiger partial charge in [-0.1, -0.05) is 30.3 Å². The highest BCUT2D eigenvalue weighted by Gasteiger charge is 2.17. The van der Waals surface area contributed by atoms with E-state index in [4.69, 9.17) is 4.74 Å². The molecule has 0 unspecified atom stereocenters. The summed E-state index contributed by atoms with van der Waals surface area (Å²) in [7, 11) is 0. The second-order valence-electron chi connectivity index (χ2n) is 8.33. The molecule has 1 amide bonds. The molecule has 8 nitrogen and oxygen atoms in total. The highest BCUT2D eigenvalue weighted by atomic mass is 32.1. The number of carbonyl (C=O) groups excluding carboxylic acids is 1. The van der Waals surface area contributed by atoms with Gasteiger partial charge in [-0.15, -0.1) is 11.3 Å². The van der Waals surface area contributed by atoms with Crippen molar-refractivity contribution in [3.63, 3.8) is 0 Å². The summed E-state index contributed by atoms with van der Waals surface area (Å²) in [6, 6.07) is 20.7. The molecular weight excluding hydrogens is 472 g/mol. The standard InChI is InChI=1S/C27H24N6O2S/c1-16-14-17(2)33(32-16)23-15-24(30-19(4)29-23)35-22-12-10-21(11-13-22)31-26(34)25-18(3)28-27(36-25)20-8-6-5-7-9-20/h5-15H,1-4H3,(H,31,34). The first-order chi connectivity index (χ1) is 17.4. The molecule has 0 fully saturated rings. The van der Waals surface area contributed by atoms with Gasteiger partial charge < -0.3 is 10.1 Å². The van der Waals surface area contributed by atoms with E-state index in [9.17, 15) is 4.79 Å². The Morgan fingerprint density at radius 1 is 0.917 bits per heavy atom. The maximum absolute atomic E-state index is 12.9. The van der Waals surface area contributed by atoms with Crippen LogP contribution < -0.4 is 10.1 Å². The summed E-state index contributed by atoms with van der Waals surface area (Å²) in [5.41, 5.74) is 4.24. The molecular formula is C27H24N6O2S. The van der Waals surface area contributed by atoms with Gasteiger partial charge in [0.2, 0.25) is 5.88 Å². The van der Waals surface area contributed by atoms with E-state index in [2.05, 4.69) is 25.4 Å². The highest BCUT2D eigenvalue weighted by molar-refractivity contribution is 7.17. The Kier molecular flexibility index (Phi) is 6.30. The van der Waals surface area contributed by atoms with Crippen LogP contribution >= 0.6 is 11.3 Å². The van der Waals surface area contributed by atoms with Gasteiger partial charge in [-0.25, -0.2) is 14.6 Å². The van der Waals surface area contributed by atoms with Crippen LogP contribution in [-0.4, -0.2) is 30.6 Å². The fourth-order valence-electron chi connectivity index (χ4n) is 3.77. The summed E-state index contributed by atoms with van der Waals surface area (Å²) in [5.74, 6) is 2.03. The largest absolute Gasteiger partial charge is 0.439 e. The number of hydrogen-bond acceptors (Lipinski definition) is 7. The monoisotopic (exact) mass is 496 g/mol. The van der Waals surface area contributed by atoms with Crippen molar-refractivity contribution >= 4 is 22.9 Å². The summed E-state index contributed by atoms with van der Waals surface area (Å²) < 4.78 is 7.74. The minimum Gasteiger partial charge on any atom is -0.439 e. The van der Waals surface area contributed by atoms with E-state index < -0.39 is 0 Å². The molecule has 3 aromatic heterocycles. The quantitative estimate of drug-likeness (QED) is 0.307. The third kappa shape index (κ3) is 5.01. The van der Waals surface area contributed by atoms with E-state index >= 15 is 0 Å². The summed E-state index contributed by atoms with van der Waals surface area (Å²) in [6.45, 7) is 7.57. The summed E-state index contributed by atoms with van der Waals surface area (Å²) in [5, 5.41) is 8.25. The molecule has 9 heteroatoms. The molecule has 0 aliphatic heterocycles. The van der Waals surface area contributed by atoms with Crippen molar-refractivity contribution in [3.05, 3.63) is 94.5 Å². The third-order valence-electron chi connectivity index (χ3n) is 5.39. The van der Waals surface area contributed by atoms with Gasteiger partial charge in [0.1, 0.15) is 21.5 Å². The second kappa shape index (κ2) is 9.71. The Labute approximate surface area is 212 Å². The van der Waals surface area contributed by atoms with Crippen molar-refractivity contribution in [2.75, 3.05) is 5.32 Å². The Hall–Kier alpha value is -4.37. The van der Waals surface area contributed by atoms with Gasteiger partial charge in [0, 0.05) is 23.0 Å². The molecule has 5 rings (SSSR count). The first-order valence-electron chi connectivity index (χ1n) is 11.4. The lowest BCUT2D eigenvalue weighted by Crippen LogP contribution is -2.11. The summed E-state index contributed by atoms with van der Waals surface area (Å²) in [6.07, 6.45) is 0. The van der Waals surface area contributed by atoms with Crippen LogP contribution in [-0.2, 0) is 0 Å². The van der Waals surface area contributed by atoms with Crippen LogP contribution in [0.2, 0.25) is 0 Å². The van der Waals surface area contributed by atoms with E-state index in [1.807, 2.05) is 64.1 Å². The predicted octanol–water partition coefficient (Wildman–Crippen LogP) is 6.06. The summed E-state index contributed by atoms with van der Waals surface area (Å²) >= 11 is 1.38. The van der Waals surface area contributed by atoms with Crippen molar-refractivity contribution in [1.82, 2.24) is 24.7 Å². The first-order valence-corrected chi connectivity index (χ1v) is 12.2. The lowest BCUT2D eigenvalue weighted by molar-refractivity contribution is 0.103. The Morgan fingerprint density at radius 3 is 2.36 bits per heavy atom. The zero-order chi connectivity index (χ0) is 25.2. The third-order valence-corrected chi connectivity index (χ3v) is 6.59. The zero-order valence-electron chi connectivity index (χ0n) is 20.3. The van der Waals surface area contributed by atoms with Crippen molar-refractivity contribution in [2.45, 2.75) is 27.7 Å². The predicted molar refractivity (Wildman–Crippen MR) is 140 cm³/mol. The van der Waals surface area contributed by atoms with Gasteiger partial charge in [-0.3, -0.25) is 4.79 Å². The molecule has 5 aromatic rings. The van der Waals surface area contributed by atoms with Crippen molar-refractivity contribution in [1.29, 1.82) is 0 Å². The average Bonchev–Trinajstić information content (AvgIpc) is 3.41. The molecule has 0 atom stereocenters. The number of carbonyl (C=O) groups is 1. The number of thiazole rings is 1. The van der Waals surface area contributed by atoms with E-state index in [1.165, 1.54) is 11.3 Å². The van der Waals surface area contributed by atoms with Crippen LogP contribution in [0, 0.1) is 27.7 Å². The van der Waals surface area contributed by atoms with E-state index in [1.54, 1.807) is 35.0 Å². The van der Waals surface area contributed by atoms with Crippen LogP contribution in [0.5, 0.6) is 11.6 Å². The number of amides is 1. The first kappa shape index (κ1) is 23.4. The molecule has 2 aromatic carbocycles. The fraction of sp³-hybridized carbons (Fsp3) is 0.148. The lowest BCUT2D eigenvalue weighted by atomic mass is 10.2. The molecule has 180 valence electrons. The minimum absolute atomic E-state index is 0.193. The van der Waals surface area contributed by atoms with Gasteiger partial charge in [0.05, 0.1) is 11.4 Å². The number of nitrogens with one attached hydrogen (secondary N) is 1. The average molecular weight is 497 g/mol. The maximum atomic E-state index is 12.9. The van der Waals surface area contributed by atoms with Crippen molar-refractivity contribution in [2.24, 2.45) is 0 Å². The van der Waals surface area contributed by atoms with Crippen molar-refractivity contribution < 1.29 is 9.53 Å². The Bertz CT molecular complexity index is 1540. The SMILES string of the molecule is Cc1cc(C)n(-c2cc(Oc3ccc(NC(=O)c4sc(-c5ccccc5)nc4C)cc3)nc(C)n2)n1. The molecule has 0 spiro atoms.